The quantitative estimate of drug-likeness (QED) is 0.165. The lowest BCUT2D eigenvalue weighted by Gasteiger charge is -2.17. The van der Waals surface area contributed by atoms with E-state index in [0.29, 0.717) is 17.5 Å². The summed E-state index contributed by atoms with van der Waals surface area (Å²) in [5, 5.41) is 14.9. The average Bonchev–Trinajstić information content (AvgIpc) is 3.30. The van der Waals surface area contributed by atoms with Gasteiger partial charge in [0.25, 0.3) is 0 Å². The standard InChI is InChI=1S/C55H33N3/c1-3-10-34(11-4-1)35-20-22-36(23-21-35)37-24-29-42(30-25-37)54-56-53(41-12-5-2-6-13-41)57-55(58-54)44-32-43-31-28-40-15-8-18-46-45-17-7-14-38-26-27-39-16-9-19-47(51(39)49(38)45)48(33-44)52(43)50(40)46/h1-33H. The molecule has 0 spiro atoms. The molecule has 0 fully saturated rings. The molecule has 58 heavy (non-hydrogen) atoms. The van der Waals surface area contributed by atoms with Crippen LogP contribution in [0, 0.1) is 0 Å². The summed E-state index contributed by atoms with van der Waals surface area (Å²) in [4.78, 5) is 15.5. The fourth-order valence-electron chi connectivity index (χ4n) is 9.06. The van der Waals surface area contributed by atoms with Crippen LogP contribution >= 0.6 is 0 Å². The van der Waals surface area contributed by atoms with E-state index in [-0.39, 0.29) is 0 Å². The summed E-state index contributed by atoms with van der Waals surface area (Å²) in [6.07, 6.45) is 0. The first kappa shape index (κ1) is 32.5. The van der Waals surface area contributed by atoms with Gasteiger partial charge in [0.15, 0.2) is 17.5 Å². The van der Waals surface area contributed by atoms with E-state index in [1.54, 1.807) is 0 Å². The molecule has 0 unspecified atom stereocenters. The van der Waals surface area contributed by atoms with Crippen LogP contribution in [0.15, 0.2) is 200 Å². The van der Waals surface area contributed by atoms with Crippen molar-refractivity contribution in [3.63, 3.8) is 0 Å². The lowest BCUT2D eigenvalue weighted by atomic mass is 9.87. The second-order valence-electron chi connectivity index (χ2n) is 15.2. The highest BCUT2D eigenvalue weighted by Gasteiger charge is 2.18. The minimum Gasteiger partial charge on any atom is -0.208 e. The van der Waals surface area contributed by atoms with Crippen LogP contribution in [-0.4, -0.2) is 15.0 Å². The molecule has 3 heteroatoms. The topological polar surface area (TPSA) is 38.7 Å². The summed E-state index contributed by atoms with van der Waals surface area (Å²) >= 11 is 0. The maximum Gasteiger partial charge on any atom is 0.164 e. The zero-order valence-corrected chi connectivity index (χ0v) is 31.4. The van der Waals surface area contributed by atoms with Gasteiger partial charge in [-0.15, -0.1) is 0 Å². The number of aromatic nitrogens is 3. The number of benzene rings is 10. The Kier molecular flexibility index (Phi) is 7.23. The van der Waals surface area contributed by atoms with Gasteiger partial charge >= 0.3 is 0 Å². The van der Waals surface area contributed by atoms with E-state index in [9.17, 15) is 0 Å². The summed E-state index contributed by atoms with van der Waals surface area (Å²) in [6, 6.07) is 71.8. The number of fused-ring (bicyclic) bond motifs is 2. The van der Waals surface area contributed by atoms with Crippen LogP contribution in [0.1, 0.15) is 0 Å². The summed E-state index contributed by atoms with van der Waals surface area (Å²) in [5.74, 6) is 1.92. The summed E-state index contributed by atoms with van der Waals surface area (Å²) in [5.41, 5.74) is 7.55. The number of rotatable bonds is 5. The molecule has 12 aromatic rings. The van der Waals surface area contributed by atoms with Gasteiger partial charge in [-0.3, -0.25) is 0 Å². The van der Waals surface area contributed by atoms with Gasteiger partial charge in [0, 0.05) is 16.7 Å². The summed E-state index contributed by atoms with van der Waals surface area (Å²) in [7, 11) is 0. The number of hydrogen-bond acceptors (Lipinski definition) is 3. The van der Waals surface area contributed by atoms with Crippen molar-refractivity contribution < 1.29 is 0 Å². The summed E-state index contributed by atoms with van der Waals surface area (Å²) < 4.78 is 0. The van der Waals surface area contributed by atoms with E-state index in [1.165, 1.54) is 70.4 Å². The third kappa shape index (κ3) is 5.18. The Morgan fingerprint density at radius 3 is 1.03 bits per heavy atom. The molecule has 268 valence electrons. The minimum atomic E-state index is 0.638. The van der Waals surface area contributed by atoms with Crippen LogP contribution in [0.2, 0.25) is 0 Å². The highest BCUT2D eigenvalue weighted by atomic mass is 15.0. The van der Waals surface area contributed by atoms with Crippen molar-refractivity contribution >= 4 is 64.6 Å². The van der Waals surface area contributed by atoms with Crippen molar-refractivity contribution in [2.75, 3.05) is 0 Å². The molecule has 0 amide bonds. The van der Waals surface area contributed by atoms with E-state index in [4.69, 9.17) is 15.0 Å². The van der Waals surface area contributed by atoms with Gasteiger partial charge in [-0.05, 0) is 99.0 Å². The van der Waals surface area contributed by atoms with Crippen LogP contribution in [-0.2, 0) is 0 Å². The van der Waals surface area contributed by atoms with Crippen molar-refractivity contribution in [2.24, 2.45) is 0 Å². The lowest BCUT2D eigenvalue weighted by molar-refractivity contribution is 1.07. The van der Waals surface area contributed by atoms with Gasteiger partial charge < -0.3 is 0 Å². The molecule has 0 aliphatic carbocycles. The molecule has 0 saturated heterocycles. The Balaban J connectivity index is 1.07. The first-order chi connectivity index (χ1) is 28.7. The van der Waals surface area contributed by atoms with Gasteiger partial charge in [0.05, 0.1) is 0 Å². The predicted molar refractivity (Wildman–Crippen MR) is 243 cm³/mol. The Bertz CT molecular complexity index is 3520. The van der Waals surface area contributed by atoms with Crippen LogP contribution in [0.5, 0.6) is 0 Å². The van der Waals surface area contributed by atoms with Crippen LogP contribution in [0.4, 0.5) is 0 Å². The first-order valence-corrected chi connectivity index (χ1v) is 19.8. The van der Waals surface area contributed by atoms with E-state index in [2.05, 4.69) is 176 Å². The third-order valence-corrected chi connectivity index (χ3v) is 11.8. The molecule has 0 saturated carbocycles. The van der Waals surface area contributed by atoms with Crippen molar-refractivity contribution in [1.29, 1.82) is 0 Å². The maximum absolute atomic E-state index is 5.25. The molecule has 1 heterocycles. The van der Waals surface area contributed by atoms with Gasteiger partial charge in [-0.1, -0.05) is 188 Å². The molecule has 0 aliphatic heterocycles. The van der Waals surface area contributed by atoms with Crippen molar-refractivity contribution in [3.8, 4) is 56.4 Å². The zero-order chi connectivity index (χ0) is 38.2. The van der Waals surface area contributed by atoms with Crippen molar-refractivity contribution in [1.82, 2.24) is 15.0 Å². The maximum atomic E-state index is 5.25. The SMILES string of the molecule is c1ccc(-c2ccc(-c3ccc(-c4nc(-c5ccccc5)nc(-c5cc6ccc7cccc8c9cccc%10ccc%11cccc(c(c5)c6c78)c%11c%109)n4)cc3)cc2)cc1. The monoisotopic (exact) mass is 735 g/mol. The van der Waals surface area contributed by atoms with Crippen molar-refractivity contribution in [2.45, 2.75) is 0 Å². The molecule has 0 atom stereocenters. The second-order valence-corrected chi connectivity index (χ2v) is 15.2. The van der Waals surface area contributed by atoms with Gasteiger partial charge in [0.2, 0.25) is 0 Å². The molecule has 3 nitrogen and oxygen atoms in total. The van der Waals surface area contributed by atoms with E-state index in [1.807, 2.05) is 24.3 Å². The van der Waals surface area contributed by atoms with Gasteiger partial charge in [-0.2, -0.15) is 0 Å². The van der Waals surface area contributed by atoms with E-state index >= 15 is 0 Å². The molecular formula is C55H33N3. The molecule has 0 aliphatic rings. The van der Waals surface area contributed by atoms with Crippen LogP contribution in [0.25, 0.3) is 121 Å². The molecule has 12 rings (SSSR count). The Morgan fingerprint density at radius 1 is 0.207 bits per heavy atom. The number of hydrogen-bond donors (Lipinski definition) is 0. The minimum absolute atomic E-state index is 0.638. The third-order valence-electron chi connectivity index (χ3n) is 11.8. The molecule has 0 N–H and O–H groups in total. The highest BCUT2D eigenvalue weighted by Crippen LogP contribution is 2.44. The number of nitrogens with zero attached hydrogens (tertiary/aromatic N) is 3. The van der Waals surface area contributed by atoms with E-state index in [0.717, 1.165) is 33.2 Å². The van der Waals surface area contributed by atoms with Gasteiger partial charge in [-0.25, -0.2) is 15.0 Å². The average molecular weight is 736 g/mol. The molecule has 1 aromatic heterocycles. The lowest BCUT2D eigenvalue weighted by Crippen LogP contribution is -2.00. The largest absolute Gasteiger partial charge is 0.208 e. The molecule has 0 radical (unpaired) electrons. The fourth-order valence-corrected chi connectivity index (χ4v) is 9.06. The smallest absolute Gasteiger partial charge is 0.164 e. The van der Waals surface area contributed by atoms with E-state index < -0.39 is 0 Å². The Labute approximate surface area is 334 Å². The molecule has 0 bridgehead atoms. The van der Waals surface area contributed by atoms with Gasteiger partial charge in [0.1, 0.15) is 0 Å². The molecule has 11 aromatic carbocycles. The van der Waals surface area contributed by atoms with Crippen LogP contribution < -0.4 is 0 Å². The first-order valence-electron chi connectivity index (χ1n) is 19.8. The normalized spacial score (nSPS) is 11.8. The highest BCUT2D eigenvalue weighted by molar-refractivity contribution is 6.37. The van der Waals surface area contributed by atoms with Crippen molar-refractivity contribution in [3.05, 3.63) is 200 Å². The second kappa shape index (κ2) is 12.9. The fraction of sp³-hybridized carbons (Fsp3) is 0. The summed E-state index contributed by atoms with van der Waals surface area (Å²) in [6.45, 7) is 0. The van der Waals surface area contributed by atoms with Crippen LogP contribution in [0.3, 0.4) is 0 Å². The molecular weight excluding hydrogens is 703 g/mol. The zero-order valence-electron chi connectivity index (χ0n) is 31.4. The Hall–Kier alpha value is -7.75. The predicted octanol–water partition coefficient (Wildman–Crippen LogP) is 14.6. The Morgan fingerprint density at radius 2 is 0.552 bits per heavy atom.